The first-order chi connectivity index (χ1) is 7.70. The monoisotopic (exact) mass is 262 g/mol. The smallest absolute Gasteiger partial charge is 0.224 e. The van der Waals surface area contributed by atoms with Crippen molar-refractivity contribution in [3.8, 4) is 0 Å². The van der Waals surface area contributed by atoms with Gasteiger partial charge < -0.3 is 15.0 Å². The number of piperidine rings is 1. The van der Waals surface area contributed by atoms with Crippen LogP contribution in [0.2, 0.25) is 0 Å². The molecule has 0 aromatic heterocycles. The highest BCUT2D eigenvalue weighted by Crippen LogP contribution is 2.29. The summed E-state index contributed by atoms with van der Waals surface area (Å²) in [7, 11) is 3.57. The Morgan fingerprint density at radius 2 is 1.94 bits per heavy atom. The lowest BCUT2D eigenvalue weighted by Gasteiger charge is -2.35. The number of ether oxygens (including phenoxy) is 1. The molecule has 1 N–H and O–H groups in total. The summed E-state index contributed by atoms with van der Waals surface area (Å²) in [6, 6.07) is 1.71. The Hall–Kier alpha value is -0.320. The maximum atomic E-state index is 11.9. The summed E-state index contributed by atoms with van der Waals surface area (Å²) < 4.78 is 4.94. The minimum Gasteiger partial charge on any atom is -0.384 e. The van der Waals surface area contributed by atoms with Crippen molar-refractivity contribution in [2.45, 2.75) is 50.2 Å². The van der Waals surface area contributed by atoms with Crippen LogP contribution < -0.4 is 5.32 Å². The molecule has 2 heterocycles. The number of methoxy groups -OCH3 is 1. The minimum atomic E-state index is 0. The van der Waals surface area contributed by atoms with Gasteiger partial charge in [0.1, 0.15) is 0 Å². The molecule has 100 valence electrons. The van der Waals surface area contributed by atoms with Crippen molar-refractivity contribution in [2.75, 3.05) is 20.8 Å². The fraction of sp³-hybridized carbons (Fsp3) is 0.917. The maximum Gasteiger partial charge on any atom is 0.224 e. The topological polar surface area (TPSA) is 41.6 Å². The molecule has 2 aliphatic heterocycles. The molecule has 0 aromatic carbocycles. The normalized spacial score (nSPS) is 30.8. The van der Waals surface area contributed by atoms with Crippen molar-refractivity contribution in [1.82, 2.24) is 10.2 Å². The second-order valence-corrected chi connectivity index (χ2v) is 5.01. The highest BCUT2D eigenvalue weighted by molar-refractivity contribution is 5.85. The Morgan fingerprint density at radius 1 is 1.35 bits per heavy atom. The van der Waals surface area contributed by atoms with E-state index in [0.29, 0.717) is 31.2 Å². The van der Waals surface area contributed by atoms with Crippen LogP contribution in [-0.4, -0.2) is 49.7 Å². The summed E-state index contributed by atoms with van der Waals surface area (Å²) in [6.45, 7) is 0.529. The molecule has 17 heavy (non-hydrogen) atoms. The molecule has 2 aliphatic rings. The summed E-state index contributed by atoms with van der Waals surface area (Å²) in [4.78, 5) is 13.8. The summed E-state index contributed by atoms with van der Waals surface area (Å²) >= 11 is 0. The van der Waals surface area contributed by atoms with E-state index in [-0.39, 0.29) is 18.3 Å². The number of hydrogen-bond donors (Lipinski definition) is 1. The van der Waals surface area contributed by atoms with Gasteiger partial charge in [-0.3, -0.25) is 4.79 Å². The number of halogens is 1. The van der Waals surface area contributed by atoms with E-state index in [2.05, 4.69) is 5.32 Å². The zero-order chi connectivity index (χ0) is 11.5. The van der Waals surface area contributed by atoms with Gasteiger partial charge in [-0.2, -0.15) is 0 Å². The van der Waals surface area contributed by atoms with E-state index in [0.717, 1.165) is 12.8 Å². The SMILES string of the molecule is COCCC(=O)N(C)C1CC2CCC(C1)N2.Cl. The third-order valence-corrected chi connectivity index (χ3v) is 3.91. The van der Waals surface area contributed by atoms with Crippen LogP contribution in [-0.2, 0) is 9.53 Å². The minimum absolute atomic E-state index is 0. The number of amides is 1. The first-order valence-corrected chi connectivity index (χ1v) is 6.21. The molecule has 2 saturated heterocycles. The Labute approximate surface area is 109 Å². The Bertz CT molecular complexity index is 251. The molecular weight excluding hydrogens is 240 g/mol. The first-order valence-electron chi connectivity index (χ1n) is 6.21. The molecule has 2 unspecified atom stereocenters. The van der Waals surface area contributed by atoms with Gasteiger partial charge in [-0.1, -0.05) is 0 Å². The molecule has 2 rings (SSSR count). The second-order valence-electron chi connectivity index (χ2n) is 5.01. The lowest BCUT2D eigenvalue weighted by atomic mass is 9.98. The van der Waals surface area contributed by atoms with Crippen molar-refractivity contribution < 1.29 is 9.53 Å². The number of carbonyl (C=O) groups excluding carboxylic acids is 1. The van der Waals surface area contributed by atoms with E-state index < -0.39 is 0 Å². The summed E-state index contributed by atoms with van der Waals surface area (Å²) in [6.07, 6.45) is 5.30. The van der Waals surface area contributed by atoms with E-state index in [4.69, 9.17) is 4.74 Å². The van der Waals surface area contributed by atoms with Gasteiger partial charge in [-0.25, -0.2) is 0 Å². The van der Waals surface area contributed by atoms with Gasteiger partial charge in [0.05, 0.1) is 13.0 Å². The summed E-state index contributed by atoms with van der Waals surface area (Å²) in [5, 5.41) is 3.59. The van der Waals surface area contributed by atoms with Crippen molar-refractivity contribution in [1.29, 1.82) is 0 Å². The third-order valence-electron chi connectivity index (χ3n) is 3.91. The Morgan fingerprint density at radius 3 is 2.47 bits per heavy atom. The predicted octanol–water partition coefficient (Wildman–Crippen LogP) is 1.19. The molecule has 2 atom stereocenters. The Balaban J connectivity index is 0.00000144. The quantitative estimate of drug-likeness (QED) is 0.828. The third kappa shape index (κ3) is 3.57. The molecule has 0 saturated carbocycles. The van der Waals surface area contributed by atoms with Crippen molar-refractivity contribution >= 4 is 18.3 Å². The summed E-state index contributed by atoms with van der Waals surface area (Å²) in [5.41, 5.74) is 0. The van der Waals surface area contributed by atoms with E-state index >= 15 is 0 Å². The molecule has 2 bridgehead atoms. The highest BCUT2D eigenvalue weighted by Gasteiger charge is 2.36. The van der Waals surface area contributed by atoms with Crippen LogP contribution in [0.4, 0.5) is 0 Å². The van der Waals surface area contributed by atoms with Crippen molar-refractivity contribution in [3.63, 3.8) is 0 Å². The van der Waals surface area contributed by atoms with Gasteiger partial charge in [0.2, 0.25) is 5.91 Å². The van der Waals surface area contributed by atoms with Crippen LogP contribution in [0.5, 0.6) is 0 Å². The number of hydrogen-bond acceptors (Lipinski definition) is 3. The number of nitrogens with zero attached hydrogens (tertiary/aromatic N) is 1. The van der Waals surface area contributed by atoms with Gasteiger partial charge >= 0.3 is 0 Å². The van der Waals surface area contributed by atoms with Gasteiger partial charge in [0, 0.05) is 32.3 Å². The van der Waals surface area contributed by atoms with E-state index in [1.54, 1.807) is 7.11 Å². The maximum absolute atomic E-state index is 11.9. The van der Waals surface area contributed by atoms with Gasteiger partial charge in [0.25, 0.3) is 0 Å². The van der Waals surface area contributed by atoms with Crippen LogP contribution in [0.3, 0.4) is 0 Å². The van der Waals surface area contributed by atoms with Crippen LogP contribution >= 0.6 is 12.4 Å². The van der Waals surface area contributed by atoms with Gasteiger partial charge in [0.15, 0.2) is 0 Å². The molecular formula is C12H23ClN2O2. The van der Waals surface area contributed by atoms with E-state index in [1.165, 1.54) is 12.8 Å². The molecule has 1 amide bonds. The largest absolute Gasteiger partial charge is 0.384 e. The number of rotatable bonds is 4. The molecule has 0 aliphatic carbocycles. The lowest BCUT2D eigenvalue weighted by Crippen LogP contribution is -2.48. The zero-order valence-corrected chi connectivity index (χ0v) is 11.5. The number of fused-ring (bicyclic) bond motifs is 2. The second kappa shape index (κ2) is 6.57. The molecule has 0 radical (unpaired) electrons. The van der Waals surface area contributed by atoms with Crippen molar-refractivity contribution in [2.24, 2.45) is 0 Å². The van der Waals surface area contributed by atoms with Crippen LogP contribution in [0.15, 0.2) is 0 Å². The van der Waals surface area contributed by atoms with E-state index in [1.807, 2.05) is 11.9 Å². The molecule has 0 aromatic rings. The molecule has 5 heteroatoms. The molecule has 0 spiro atoms. The number of carbonyl (C=O) groups is 1. The highest BCUT2D eigenvalue weighted by atomic mass is 35.5. The lowest BCUT2D eigenvalue weighted by molar-refractivity contribution is -0.133. The van der Waals surface area contributed by atoms with Gasteiger partial charge in [-0.15, -0.1) is 12.4 Å². The molecule has 2 fully saturated rings. The first kappa shape index (κ1) is 14.7. The standard InChI is InChI=1S/C12H22N2O2.ClH/c1-14(12(15)5-6-16-2)11-7-9-3-4-10(8-11)13-9;/h9-11,13H,3-8H2,1-2H3;1H. The average molecular weight is 263 g/mol. The Kier molecular flexibility index (Phi) is 5.70. The fourth-order valence-electron chi connectivity index (χ4n) is 2.91. The van der Waals surface area contributed by atoms with Crippen LogP contribution in [0, 0.1) is 0 Å². The van der Waals surface area contributed by atoms with Gasteiger partial charge in [-0.05, 0) is 25.7 Å². The summed E-state index contributed by atoms with van der Waals surface area (Å²) in [5.74, 6) is 0.216. The van der Waals surface area contributed by atoms with Crippen LogP contribution in [0.25, 0.3) is 0 Å². The van der Waals surface area contributed by atoms with Crippen molar-refractivity contribution in [3.05, 3.63) is 0 Å². The zero-order valence-electron chi connectivity index (χ0n) is 10.6. The fourth-order valence-corrected chi connectivity index (χ4v) is 2.91. The predicted molar refractivity (Wildman–Crippen MR) is 69.5 cm³/mol. The average Bonchev–Trinajstić information content (AvgIpc) is 2.64. The van der Waals surface area contributed by atoms with Crippen LogP contribution in [0.1, 0.15) is 32.1 Å². The molecule has 4 nitrogen and oxygen atoms in total. The van der Waals surface area contributed by atoms with E-state index in [9.17, 15) is 4.79 Å². The number of nitrogens with one attached hydrogen (secondary N) is 1.